The average molecular weight is 233 g/mol. The Bertz CT molecular complexity index is 330. The van der Waals surface area contributed by atoms with E-state index in [1.165, 1.54) is 32.1 Å². The van der Waals surface area contributed by atoms with E-state index >= 15 is 0 Å². The summed E-state index contributed by atoms with van der Waals surface area (Å²) in [5.41, 5.74) is 1.13. The van der Waals surface area contributed by atoms with Crippen molar-refractivity contribution < 1.29 is 0 Å². The van der Waals surface area contributed by atoms with E-state index < -0.39 is 0 Å². The Morgan fingerprint density at radius 1 is 1.12 bits per heavy atom. The van der Waals surface area contributed by atoms with Gasteiger partial charge >= 0.3 is 0 Å². The molecule has 3 heteroatoms. The molecule has 0 unspecified atom stereocenters. The van der Waals surface area contributed by atoms with Crippen LogP contribution in [0.25, 0.3) is 0 Å². The molecule has 94 valence electrons. The van der Waals surface area contributed by atoms with Gasteiger partial charge in [0.25, 0.3) is 0 Å². The van der Waals surface area contributed by atoms with E-state index in [0.717, 1.165) is 31.1 Å². The topological polar surface area (TPSA) is 28.2 Å². The van der Waals surface area contributed by atoms with Crippen molar-refractivity contribution in [3.05, 3.63) is 23.9 Å². The Labute approximate surface area is 104 Å². The summed E-state index contributed by atoms with van der Waals surface area (Å²) in [6, 6.07) is 6.35. The molecule has 0 bridgehead atoms. The zero-order valence-electron chi connectivity index (χ0n) is 10.8. The quantitative estimate of drug-likeness (QED) is 0.869. The van der Waals surface area contributed by atoms with E-state index in [0.29, 0.717) is 0 Å². The summed E-state index contributed by atoms with van der Waals surface area (Å²) >= 11 is 0. The maximum absolute atomic E-state index is 4.72. The number of aromatic nitrogens is 1. The lowest BCUT2D eigenvalue weighted by Crippen LogP contribution is -2.28. The van der Waals surface area contributed by atoms with E-state index in [9.17, 15) is 0 Å². The Morgan fingerprint density at radius 2 is 1.82 bits per heavy atom. The van der Waals surface area contributed by atoms with Gasteiger partial charge in [-0.1, -0.05) is 25.3 Å². The highest BCUT2D eigenvalue weighted by Gasteiger charge is 2.10. The molecule has 0 saturated carbocycles. The molecule has 1 fully saturated rings. The summed E-state index contributed by atoms with van der Waals surface area (Å²) in [6.45, 7) is 3.17. The molecule has 17 heavy (non-hydrogen) atoms. The van der Waals surface area contributed by atoms with E-state index in [4.69, 9.17) is 4.98 Å². The number of nitrogens with zero attached hydrogens (tertiary/aromatic N) is 2. The van der Waals surface area contributed by atoms with Crippen molar-refractivity contribution in [3.63, 3.8) is 0 Å². The minimum atomic E-state index is 0.849. The molecule has 1 aliphatic rings. The van der Waals surface area contributed by atoms with Gasteiger partial charge in [0.15, 0.2) is 0 Å². The number of rotatable bonds is 3. The Balaban J connectivity index is 2.05. The second-order valence-electron chi connectivity index (χ2n) is 4.77. The van der Waals surface area contributed by atoms with Crippen LogP contribution in [-0.4, -0.2) is 25.1 Å². The molecule has 0 amide bonds. The zero-order valence-corrected chi connectivity index (χ0v) is 10.8. The molecule has 2 heterocycles. The van der Waals surface area contributed by atoms with Gasteiger partial charge in [-0.05, 0) is 32.0 Å². The molecule has 1 aromatic heterocycles. The number of pyridine rings is 1. The summed E-state index contributed by atoms with van der Waals surface area (Å²) in [5, 5.41) is 3.16. The lowest BCUT2D eigenvalue weighted by atomic mass is 10.1. The highest BCUT2D eigenvalue weighted by atomic mass is 15.2. The van der Waals surface area contributed by atoms with E-state index in [1.54, 1.807) is 0 Å². The van der Waals surface area contributed by atoms with Gasteiger partial charge in [-0.25, -0.2) is 4.98 Å². The maximum atomic E-state index is 4.72. The summed E-state index contributed by atoms with van der Waals surface area (Å²) in [5.74, 6) is 1.15. The molecule has 1 aliphatic heterocycles. The maximum Gasteiger partial charge on any atom is 0.128 e. The minimum Gasteiger partial charge on any atom is -0.357 e. The fraction of sp³-hybridized carbons (Fsp3) is 0.643. The van der Waals surface area contributed by atoms with Crippen molar-refractivity contribution in [2.75, 3.05) is 25.0 Å². The fourth-order valence-electron chi connectivity index (χ4n) is 2.40. The van der Waals surface area contributed by atoms with E-state index in [2.05, 4.69) is 28.4 Å². The van der Waals surface area contributed by atoms with Crippen LogP contribution in [0.15, 0.2) is 18.2 Å². The molecule has 0 radical (unpaired) electrons. The number of nitrogens with one attached hydrogen (secondary N) is 1. The first kappa shape index (κ1) is 12.4. The molecule has 3 nitrogen and oxygen atoms in total. The largest absolute Gasteiger partial charge is 0.357 e. The number of hydrogen-bond donors (Lipinski definition) is 1. The Morgan fingerprint density at radius 3 is 2.53 bits per heavy atom. The summed E-state index contributed by atoms with van der Waals surface area (Å²) in [6.07, 6.45) is 6.75. The van der Waals surface area contributed by atoms with Crippen LogP contribution in [0.2, 0.25) is 0 Å². The lowest BCUT2D eigenvalue weighted by molar-refractivity contribution is 0.553. The summed E-state index contributed by atoms with van der Waals surface area (Å²) < 4.78 is 0. The molecular weight excluding hydrogens is 210 g/mol. The predicted molar refractivity (Wildman–Crippen MR) is 72.3 cm³/mol. The predicted octanol–water partition coefficient (Wildman–Crippen LogP) is 2.57. The van der Waals surface area contributed by atoms with Gasteiger partial charge in [0.1, 0.15) is 5.82 Å². The number of anilines is 1. The molecule has 0 aliphatic carbocycles. The van der Waals surface area contributed by atoms with Crippen molar-refractivity contribution in [2.45, 2.75) is 38.6 Å². The smallest absolute Gasteiger partial charge is 0.128 e. The standard InChI is InChI=1S/C14H23N3/c1-15-12-13-8-7-9-14(16-13)17-10-5-3-2-4-6-11-17/h7-9,15H,2-6,10-12H2,1H3. The molecule has 1 saturated heterocycles. The van der Waals surface area contributed by atoms with Crippen molar-refractivity contribution in [3.8, 4) is 0 Å². The molecule has 0 atom stereocenters. The monoisotopic (exact) mass is 233 g/mol. The van der Waals surface area contributed by atoms with Crippen LogP contribution in [0, 0.1) is 0 Å². The minimum absolute atomic E-state index is 0.849. The van der Waals surface area contributed by atoms with Gasteiger partial charge in [-0.15, -0.1) is 0 Å². The third-order valence-corrected chi connectivity index (χ3v) is 3.33. The number of hydrogen-bond acceptors (Lipinski definition) is 3. The van der Waals surface area contributed by atoms with Crippen molar-refractivity contribution in [1.82, 2.24) is 10.3 Å². The molecule has 2 rings (SSSR count). The Kier molecular flexibility index (Phi) is 4.80. The molecule has 0 aromatic carbocycles. The van der Waals surface area contributed by atoms with Crippen molar-refractivity contribution in [1.29, 1.82) is 0 Å². The summed E-state index contributed by atoms with van der Waals surface area (Å²) in [7, 11) is 1.96. The van der Waals surface area contributed by atoms with Gasteiger partial charge in [-0.2, -0.15) is 0 Å². The van der Waals surface area contributed by atoms with Crippen LogP contribution in [-0.2, 0) is 6.54 Å². The zero-order chi connectivity index (χ0) is 11.9. The van der Waals surface area contributed by atoms with Crippen LogP contribution in [0.4, 0.5) is 5.82 Å². The van der Waals surface area contributed by atoms with Gasteiger partial charge < -0.3 is 10.2 Å². The van der Waals surface area contributed by atoms with Crippen LogP contribution in [0.5, 0.6) is 0 Å². The van der Waals surface area contributed by atoms with Crippen LogP contribution in [0.1, 0.15) is 37.8 Å². The van der Waals surface area contributed by atoms with Gasteiger partial charge in [-0.3, -0.25) is 0 Å². The average Bonchev–Trinajstić information content (AvgIpc) is 2.29. The van der Waals surface area contributed by atoms with Crippen LogP contribution < -0.4 is 10.2 Å². The van der Waals surface area contributed by atoms with Gasteiger partial charge in [0, 0.05) is 19.6 Å². The highest BCUT2D eigenvalue weighted by molar-refractivity contribution is 5.39. The van der Waals surface area contributed by atoms with Gasteiger partial charge in [0.2, 0.25) is 0 Å². The van der Waals surface area contributed by atoms with Crippen LogP contribution >= 0.6 is 0 Å². The summed E-state index contributed by atoms with van der Waals surface area (Å²) in [4.78, 5) is 7.16. The second kappa shape index (κ2) is 6.60. The molecular formula is C14H23N3. The van der Waals surface area contributed by atoms with Gasteiger partial charge in [0.05, 0.1) is 5.69 Å². The van der Waals surface area contributed by atoms with Crippen molar-refractivity contribution in [2.24, 2.45) is 0 Å². The first-order valence-electron chi connectivity index (χ1n) is 6.75. The molecule has 1 N–H and O–H groups in total. The Hall–Kier alpha value is -1.09. The second-order valence-corrected chi connectivity index (χ2v) is 4.77. The van der Waals surface area contributed by atoms with Crippen LogP contribution in [0.3, 0.4) is 0 Å². The van der Waals surface area contributed by atoms with E-state index in [-0.39, 0.29) is 0 Å². The molecule has 0 spiro atoms. The van der Waals surface area contributed by atoms with E-state index in [1.807, 2.05) is 7.05 Å². The first-order chi connectivity index (χ1) is 8.40. The highest BCUT2D eigenvalue weighted by Crippen LogP contribution is 2.17. The first-order valence-corrected chi connectivity index (χ1v) is 6.75. The molecule has 1 aromatic rings. The van der Waals surface area contributed by atoms with Crippen molar-refractivity contribution >= 4 is 5.82 Å². The SMILES string of the molecule is CNCc1cccc(N2CCCCCCC2)n1. The fourth-order valence-corrected chi connectivity index (χ4v) is 2.40. The third-order valence-electron chi connectivity index (χ3n) is 3.33. The normalized spacial score (nSPS) is 17.6. The lowest BCUT2D eigenvalue weighted by Gasteiger charge is -2.26. The third kappa shape index (κ3) is 3.70.